The van der Waals surface area contributed by atoms with Crippen molar-refractivity contribution >= 4 is 68.4 Å². The monoisotopic (exact) mass is 628 g/mol. The molecule has 4 heteroatoms. The molecule has 0 amide bonds. The molecule has 0 N–H and O–H groups in total. The Kier molecular flexibility index (Phi) is 7.53. The van der Waals surface area contributed by atoms with Crippen LogP contribution < -0.4 is 9.80 Å². The van der Waals surface area contributed by atoms with E-state index < -0.39 is 0 Å². The van der Waals surface area contributed by atoms with E-state index in [0.29, 0.717) is 0 Å². The Hall–Kier alpha value is -4.90. The van der Waals surface area contributed by atoms with Crippen molar-refractivity contribution in [3.63, 3.8) is 0 Å². The van der Waals surface area contributed by atoms with Gasteiger partial charge in [-0.15, -0.1) is 0 Å². The van der Waals surface area contributed by atoms with Crippen molar-refractivity contribution in [2.75, 3.05) is 9.80 Å². The van der Waals surface area contributed by atoms with Gasteiger partial charge in [0.1, 0.15) is 0 Å². The molecule has 0 fully saturated rings. The Morgan fingerprint density at radius 2 is 0.717 bits per heavy atom. The van der Waals surface area contributed by atoms with Crippen LogP contribution in [0.1, 0.15) is 11.1 Å². The normalized spacial score (nSPS) is 12.2. The molecule has 222 valence electrons. The second kappa shape index (κ2) is 12.1. The number of nitrogens with zero attached hydrogens (tertiary/aromatic N) is 2. The Labute approximate surface area is 279 Å². The topological polar surface area (TPSA) is 6.48 Å². The molecule has 0 aromatic heterocycles. The van der Waals surface area contributed by atoms with E-state index in [2.05, 4.69) is 181 Å². The molecule has 0 bridgehead atoms. The Morgan fingerprint density at radius 3 is 1.11 bits per heavy atom. The molecule has 0 unspecified atom stereocenters. The van der Waals surface area contributed by atoms with Crippen molar-refractivity contribution in [2.45, 2.75) is 33.4 Å². The minimum absolute atomic E-state index is 1.14. The van der Waals surface area contributed by atoms with Gasteiger partial charge in [-0.1, -0.05) is 120 Å². The van der Waals surface area contributed by atoms with E-state index in [1.54, 1.807) is 0 Å². The molecule has 1 aliphatic heterocycles. The summed E-state index contributed by atoms with van der Waals surface area (Å²) < 4.78 is 0. The molecule has 0 radical (unpaired) electrons. The largest absolute Gasteiger partial charge is 0.306 e. The second-order valence-corrected chi connectivity index (χ2v) is 13.9. The summed E-state index contributed by atoms with van der Waals surface area (Å²) in [7, 11) is 0. The molecule has 2 nitrogen and oxygen atoms in total. The number of rotatable bonds is 6. The van der Waals surface area contributed by atoms with Crippen molar-refractivity contribution < 1.29 is 0 Å². The summed E-state index contributed by atoms with van der Waals surface area (Å²) in [5.41, 5.74) is 9.42. The van der Waals surface area contributed by atoms with Crippen molar-refractivity contribution in [1.82, 2.24) is 0 Å². The lowest BCUT2D eigenvalue weighted by Crippen LogP contribution is -2.24. The van der Waals surface area contributed by atoms with E-state index in [1.807, 2.05) is 23.5 Å². The van der Waals surface area contributed by atoms with Crippen molar-refractivity contribution in [1.29, 1.82) is 0 Å². The predicted octanol–water partition coefficient (Wildman–Crippen LogP) is 13.0. The van der Waals surface area contributed by atoms with Gasteiger partial charge in [-0.25, -0.2) is 0 Å². The summed E-state index contributed by atoms with van der Waals surface area (Å²) in [5, 5.41) is 2.45. The zero-order chi connectivity index (χ0) is 31.0. The lowest BCUT2D eigenvalue weighted by molar-refractivity contribution is 1.12. The van der Waals surface area contributed by atoms with E-state index in [4.69, 9.17) is 0 Å². The highest BCUT2D eigenvalue weighted by Gasteiger charge is 2.32. The van der Waals surface area contributed by atoms with Crippen molar-refractivity contribution in [3.05, 3.63) is 169 Å². The van der Waals surface area contributed by atoms with E-state index >= 15 is 0 Å². The van der Waals surface area contributed by atoms with Crippen LogP contribution >= 0.6 is 23.5 Å². The van der Waals surface area contributed by atoms with Crippen LogP contribution in [0.4, 0.5) is 34.1 Å². The zero-order valence-corrected chi connectivity index (χ0v) is 27.4. The molecule has 0 saturated carbocycles. The quantitative estimate of drug-likeness (QED) is 0.181. The number of hydrogen-bond acceptors (Lipinski definition) is 4. The molecule has 1 heterocycles. The summed E-state index contributed by atoms with van der Waals surface area (Å²) in [4.78, 5) is 9.79. The fraction of sp³-hybridized carbons (Fsp3) is 0.0476. The van der Waals surface area contributed by atoms with Crippen LogP contribution in [0.2, 0.25) is 0 Å². The maximum atomic E-state index is 2.45. The van der Waals surface area contributed by atoms with Gasteiger partial charge in [0.15, 0.2) is 0 Å². The van der Waals surface area contributed by atoms with Crippen LogP contribution in [0.15, 0.2) is 177 Å². The summed E-state index contributed by atoms with van der Waals surface area (Å²) in [6, 6.07) is 57.4. The first kappa shape index (κ1) is 28.6. The van der Waals surface area contributed by atoms with Gasteiger partial charge in [0.25, 0.3) is 0 Å². The van der Waals surface area contributed by atoms with Crippen molar-refractivity contribution in [2.24, 2.45) is 0 Å². The highest BCUT2D eigenvalue weighted by atomic mass is 32.2. The minimum Gasteiger partial charge on any atom is -0.306 e. The molecule has 7 aromatic rings. The third-order valence-corrected chi connectivity index (χ3v) is 10.6. The fourth-order valence-electron chi connectivity index (χ4n) is 6.07. The first-order valence-electron chi connectivity index (χ1n) is 15.5. The van der Waals surface area contributed by atoms with Gasteiger partial charge in [0.05, 0.1) is 22.7 Å². The van der Waals surface area contributed by atoms with Crippen LogP contribution in [0.25, 0.3) is 10.8 Å². The number of benzene rings is 7. The molecule has 1 aliphatic rings. The molecule has 0 aliphatic carbocycles. The lowest BCUT2D eigenvalue weighted by Gasteiger charge is -2.41. The number of hydrogen-bond donors (Lipinski definition) is 0. The highest BCUT2D eigenvalue weighted by Crippen LogP contribution is 2.57. The van der Waals surface area contributed by atoms with E-state index in [-0.39, 0.29) is 0 Å². The Morgan fingerprint density at radius 1 is 0.370 bits per heavy atom. The van der Waals surface area contributed by atoms with Crippen LogP contribution in [-0.4, -0.2) is 0 Å². The average Bonchev–Trinajstić information content (AvgIpc) is 3.09. The third-order valence-electron chi connectivity index (χ3n) is 8.37. The predicted molar refractivity (Wildman–Crippen MR) is 197 cm³/mol. The van der Waals surface area contributed by atoms with Gasteiger partial charge in [-0.2, -0.15) is 0 Å². The van der Waals surface area contributed by atoms with E-state index in [0.717, 1.165) is 34.1 Å². The molecule has 0 saturated heterocycles. The molecular formula is C42H32N2S2. The molecule has 0 atom stereocenters. The van der Waals surface area contributed by atoms with Crippen LogP contribution in [-0.2, 0) is 0 Å². The standard InChI is InChI=1S/C42H32N2S2/c1-29-17-21-33(22-18-29)43-37-25-31-11-9-10-12-32(31)26-38(37)44(34-23-19-30(2)20-24-34)40-28-42(46-36-15-7-4-8-16-36)41(27-39(40)43)45-35-13-5-3-6-14-35/h3-28H,1-2H3. The van der Waals surface area contributed by atoms with Gasteiger partial charge < -0.3 is 9.80 Å². The Balaban J connectivity index is 1.43. The van der Waals surface area contributed by atoms with Gasteiger partial charge in [0.2, 0.25) is 0 Å². The summed E-state index contributed by atoms with van der Waals surface area (Å²) in [6.07, 6.45) is 0. The van der Waals surface area contributed by atoms with Crippen LogP contribution in [0.3, 0.4) is 0 Å². The maximum Gasteiger partial charge on any atom is 0.0715 e. The van der Waals surface area contributed by atoms with Gasteiger partial charge in [-0.3, -0.25) is 0 Å². The number of aryl methyl sites for hydroxylation is 2. The smallest absolute Gasteiger partial charge is 0.0715 e. The second-order valence-electron chi connectivity index (χ2n) is 11.6. The highest BCUT2D eigenvalue weighted by molar-refractivity contribution is 8.02. The van der Waals surface area contributed by atoms with E-state index in [1.165, 1.54) is 41.5 Å². The SMILES string of the molecule is Cc1ccc(N2c3cc(Sc4ccccc4)c(Sc4ccccc4)cc3N(c3ccc(C)cc3)c3cc4ccccc4cc32)cc1. The summed E-state index contributed by atoms with van der Waals surface area (Å²) >= 11 is 3.65. The van der Waals surface area contributed by atoms with Crippen LogP contribution in [0, 0.1) is 13.8 Å². The molecule has 46 heavy (non-hydrogen) atoms. The third kappa shape index (κ3) is 5.44. The van der Waals surface area contributed by atoms with Gasteiger partial charge in [0, 0.05) is 31.0 Å². The number of anilines is 6. The zero-order valence-electron chi connectivity index (χ0n) is 25.7. The first-order chi connectivity index (χ1) is 22.6. The van der Waals surface area contributed by atoms with Gasteiger partial charge in [-0.05, 0) is 97.4 Å². The first-order valence-corrected chi connectivity index (χ1v) is 17.1. The molecule has 8 rings (SSSR count). The van der Waals surface area contributed by atoms with E-state index in [9.17, 15) is 0 Å². The molecular weight excluding hydrogens is 597 g/mol. The summed E-state index contributed by atoms with van der Waals surface area (Å²) in [6.45, 7) is 4.30. The van der Waals surface area contributed by atoms with Gasteiger partial charge >= 0.3 is 0 Å². The van der Waals surface area contributed by atoms with Crippen LogP contribution in [0.5, 0.6) is 0 Å². The lowest BCUT2D eigenvalue weighted by atomic mass is 10.0. The van der Waals surface area contributed by atoms with Crippen molar-refractivity contribution in [3.8, 4) is 0 Å². The fourth-order valence-corrected chi connectivity index (χ4v) is 8.07. The maximum absolute atomic E-state index is 2.45. The number of fused-ring (bicyclic) bond motifs is 3. The molecule has 0 spiro atoms. The molecule has 7 aromatic carbocycles. The Bertz CT molecular complexity index is 2000. The minimum atomic E-state index is 1.14. The summed E-state index contributed by atoms with van der Waals surface area (Å²) in [5.74, 6) is 0. The average molecular weight is 629 g/mol.